The molecule has 12 heteroatoms. The van der Waals surface area contributed by atoms with E-state index >= 15 is 0 Å². The second kappa shape index (κ2) is 17.3. The van der Waals surface area contributed by atoms with E-state index in [1.54, 1.807) is 0 Å². The van der Waals surface area contributed by atoms with E-state index in [-0.39, 0.29) is 33.9 Å². The Hall–Kier alpha value is -2.86. The smallest absolute Gasteiger partial charge is 0.332 e. The van der Waals surface area contributed by atoms with Gasteiger partial charge in [0, 0.05) is 14.2 Å². The molecule has 0 saturated carbocycles. The van der Waals surface area contributed by atoms with Gasteiger partial charge < -0.3 is 28.4 Å². The summed E-state index contributed by atoms with van der Waals surface area (Å²) < 4.78 is 27.4. The zero-order valence-corrected chi connectivity index (χ0v) is 15.6. The van der Waals surface area contributed by atoms with Crippen molar-refractivity contribution in [1.82, 2.24) is 0 Å². The highest BCUT2D eigenvalue weighted by atomic mass is 16.6. The molecule has 0 aliphatic carbocycles. The van der Waals surface area contributed by atoms with Gasteiger partial charge in [0.15, 0.2) is 24.8 Å². The lowest BCUT2D eigenvalue weighted by atomic mass is 10.3. The quantitative estimate of drug-likeness (QED) is 0.137. The lowest BCUT2D eigenvalue weighted by Gasteiger charge is -2.07. The van der Waals surface area contributed by atoms with Crippen molar-refractivity contribution in [2.75, 3.05) is 53.9 Å². The molecule has 0 spiro atoms. The Morgan fingerprint density at radius 1 is 0.517 bits per heavy atom. The molecule has 0 unspecified atom stereocenters. The first kappa shape index (κ1) is 28.4. The predicted octanol–water partition coefficient (Wildman–Crippen LogP) is -0.993. The molecule has 0 bridgehead atoms. The summed E-state index contributed by atoms with van der Waals surface area (Å²) in [6.07, 6.45) is -1.25. The summed E-state index contributed by atoms with van der Waals surface area (Å²) >= 11 is 0. The highest BCUT2D eigenvalue weighted by molar-refractivity contribution is 5.97. The van der Waals surface area contributed by atoms with Crippen molar-refractivity contribution in [2.45, 2.75) is 20.3 Å². The molecular weight excluding hydrogens is 396 g/mol. The molecule has 0 N–H and O–H groups in total. The third kappa shape index (κ3) is 17.0. The summed E-state index contributed by atoms with van der Waals surface area (Å²) in [6.45, 7) is -2.49. The van der Waals surface area contributed by atoms with Gasteiger partial charge in [-0.15, -0.1) is 0 Å². The van der Waals surface area contributed by atoms with Crippen LogP contribution in [0.4, 0.5) is 0 Å². The second-order valence-electron chi connectivity index (χ2n) is 5.06. The van der Waals surface area contributed by atoms with Gasteiger partial charge in [-0.1, -0.05) is 7.43 Å². The number of ether oxygens (including phenoxy) is 6. The fraction of sp³-hybridized carbons (Fsp3) is 0.647. The lowest BCUT2D eigenvalue weighted by Crippen LogP contribution is -2.22. The second-order valence-corrected chi connectivity index (χ2v) is 5.06. The standard InChI is InChI=1S/C16H22O12.CH4/c1-23-9-15(21)27-7-11(17)5-13(19)25-3-4-26-14(20)6-12(18)8-28-16(22)10-24-2;/h3-10H2,1-2H3;1H4. The van der Waals surface area contributed by atoms with Crippen LogP contribution in [0.1, 0.15) is 20.3 Å². The van der Waals surface area contributed by atoms with Crippen LogP contribution in [0.3, 0.4) is 0 Å². The predicted molar refractivity (Wildman–Crippen MR) is 93.6 cm³/mol. The van der Waals surface area contributed by atoms with Gasteiger partial charge >= 0.3 is 23.9 Å². The number of carbonyl (C=O) groups excluding carboxylic acids is 6. The number of carbonyl (C=O) groups is 6. The molecule has 0 amide bonds. The van der Waals surface area contributed by atoms with Crippen molar-refractivity contribution in [3.63, 3.8) is 0 Å². The van der Waals surface area contributed by atoms with Crippen LogP contribution in [-0.4, -0.2) is 89.3 Å². The minimum absolute atomic E-state index is 0. The summed E-state index contributed by atoms with van der Waals surface area (Å²) in [5.74, 6) is -4.66. The maximum Gasteiger partial charge on any atom is 0.332 e. The van der Waals surface area contributed by atoms with Crippen molar-refractivity contribution >= 4 is 35.4 Å². The Morgan fingerprint density at radius 3 is 1.17 bits per heavy atom. The molecule has 0 heterocycles. The van der Waals surface area contributed by atoms with Crippen molar-refractivity contribution in [2.24, 2.45) is 0 Å². The highest BCUT2D eigenvalue weighted by Crippen LogP contribution is 1.94. The molecule has 12 nitrogen and oxygen atoms in total. The average molecular weight is 422 g/mol. The van der Waals surface area contributed by atoms with E-state index in [4.69, 9.17) is 0 Å². The first-order valence-corrected chi connectivity index (χ1v) is 7.92. The lowest BCUT2D eigenvalue weighted by molar-refractivity contribution is -0.157. The summed E-state index contributed by atoms with van der Waals surface area (Å²) in [4.78, 5) is 67.5. The van der Waals surface area contributed by atoms with Crippen molar-refractivity contribution in [3.8, 4) is 0 Å². The topological polar surface area (TPSA) is 158 Å². The number of rotatable bonds is 15. The van der Waals surface area contributed by atoms with E-state index in [9.17, 15) is 28.8 Å². The minimum Gasteiger partial charge on any atom is -0.462 e. The van der Waals surface area contributed by atoms with Crippen LogP contribution in [0.15, 0.2) is 0 Å². The summed E-state index contributed by atoms with van der Waals surface area (Å²) in [5, 5.41) is 0. The maximum atomic E-state index is 11.4. The maximum absolute atomic E-state index is 11.4. The third-order valence-electron chi connectivity index (χ3n) is 2.61. The van der Waals surface area contributed by atoms with E-state index < -0.39 is 61.5 Å². The van der Waals surface area contributed by atoms with Gasteiger partial charge in [-0.2, -0.15) is 0 Å². The van der Waals surface area contributed by atoms with E-state index in [0.717, 1.165) is 0 Å². The van der Waals surface area contributed by atoms with E-state index in [2.05, 4.69) is 28.4 Å². The van der Waals surface area contributed by atoms with E-state index in [0.29, 0.717) is 0 Å². The molecule has 0 aromatic rings. The van der Waals surface area contributed by atoms with Gasteiger partial charge in [-0.05, 0) is 0 Å². The van der Waals surface area contributed by atoms with Gasteiger partial charge in [-0.25, -0.2) is 9.59 Å². The largest absolute Gasteiger partial charge is 0.462 e. The molecule has 0 radical (unpaired) electrons. The molecule has 29 heavy (non-hydrogen) atoms. The Morgan fingerprint density at radius 2 is 0.862 bits per heavy atom. The molecule has 0 aliphatic rings. The molecule has 0 aromatic carbocycles. The molecule has 0 atom stereocenters. The molecule has 0 fully saturated rings. The van der Waals surface area contributed by atoms with Crippen LogP contribution in [0.25, 0.3) is 0 Å². The number of ketones is 2. The van der Waals surface area contributed by atoms with Crippen molar-refractivity contribution in [3.05, 3.63) is 0 Å². The van der Waals surface area contributed by atoms with Crippen LogP contribution in [0, 0.1) is 0 Å². The Bertz CT molecular complexity index is 519. The Kier molecular flexibility index (Phi) is 16.9. The van der Waals surface area contributed by atoms with Gasteiger partial charge in [-0.3, -0.25) is 19.2 Å². The van der Waals surface area contributed by atoms with E-state index in [1.165, 1.54) is 14.2 Å². The zero-order chi connectivity index (χ0) is 21.4. The van der Waals surface area contributed by atoms with Gasteiger partial charge in [0.25, 0.3) is 0 Å². The minimum atomic E-state index is -0.898. The van der Waals surface area contributed by atoms with Crippen LogP contribution < -0.4 is 0 Å². The molecule has 166 valence electrons. The SMILES string of the molecule is C.COCC(=O)OCC(=O)CC(=O)OCCOC(=O)CC(=O)COC(=O)COC. The molecular formula is C17H26O12. The van der Waals surface area contributed by atoms with Crippen molar-refractivity contribution < 1.29 is 57.2 Å². The Labute approximate surface area is 167 Å². The molecule has 0 rings (SSSR count). The molecule has 0 aliphatic heterocycles. The fourth-order valence-electron chi connectivity index (χ4n) is 1.48. The van der Waals surface area contributed by atoms with Gasteiger partial charge in [0.2, 0.25) is 0 Å². The van der Waals surface area contributed by atoms with Gasteiger partial charge in [0.05, 0.1) is 0 Å². The van der Waals surface area contributed by atoms with E-state index in [1.807, 2.05) is 0 Å². The first-order chi connectivity index (χ1) is 13.3. The summed E-state index contributed by atoms with van der Waals surface area (Å²) in [7, 11) is 2.56. The van der Waals surface area contributed by atoms with Crippen LogP contribution in [-0.2, 0) is 57.2 Å². The number of Topliss-reactive ketones (excluding diaryl/α,β-unsaturated/α-hetero) is 2. The Balaban J connectivity index is 0. The summed E-state index contributed by atoms with van der Waals surface area (Å²) in [5.41, 5.74) is 0. The monoisotopic (exact) mass is 422 g/mol. The summed E-state index contributed by atoms with van der Waals surface area (Å²) in [6, 6.07) is 0. The van der Waals surface area contributed by atoms with Crippen LogP contribution >= 0.6 is 0 Å². The molecule has 0 saturated heterocycles. The number of esters is 4. The average Bonchev–Trinajstić information content (AvgIpc) is 2.62. The zero-order valence-electron chi connectivity index (χ0n) is 15.6. The number of hydrogen-bond donors (Lipinski definition) is 0. The normalized spacial score (nSPS) is 9.59. The van der Waals surface area contributed by atoms with Gasteiger partial charge in [0.1, 0.15) is 39.3 Å². The number of methoxy groups -OCH3 is 2. The third-order valence-corrected chi connectivity index (χ3v) is 2.61. The molecule has 0 aromatic heterocycles. The van der Waals surface area contributed by atoms with Crippen LogP contribution in [0.2, 0.25) is 0 Å². The van der Waals surface area contributed by atoms with Crippen LogP contribution in [0.5, 0.6) is 0 Å². The fourth-order valence-corrected chi connectivity index (χ4v) is 1.48. The first-order valence-electron chi connectivity index (χ1n) is 7.92. The highest BCUT2D eigenvalue weighted by Gasteiger charge is 2.15. The van der Waals surface area contributed by atoms with Crippen molar-refractivity contribution in [1.29, 1.82) is 0 Å². The number of hydrogen-bond acceptors (Lipinski definition) is 12.